The third-order valence-corrected chi connectivity index (χ3v) is 6.37. The number of nitrogens with zero attached hydrogens (tertiary/aromatic N) is 1. The molecule has 7 heteroatoms. The van der Waals surface area contributed by atoms with Crippen molar-refractivity contribution in [1.82, 2.24) is 10.2 Å². The highest BCUT2D eigenvalue weighted by atomic mass is 79.9. The zero-order chi connectivity index (χ0) is 24.1. The highest BCUT2D eigenvalue weighted by Crippen LogP contribution is 2.38. The molecule has 0 aliphatic carbocycles. The van der Waals surface area contributed by atoms with E-state index in [2.05, 4.69) is 38.0 Å². The molecule has 0 aromatic heterocycles. The third-order valence-electron chi connectivity index (χ3n) is 5.84. The van der Waals surface area contributed by atoms with Crippen LogP contribution in [0.15, 0.2) is 58.3 Å². The number of allylic oxidation sites excluding steroid dienone is 2. The summed E-state index contributed by atoms with van der Waals surface area (Å²) in [4.78, 5) is 27.3. The molecule has 2 heterocycles. The van der Waals surface area contributed by atoms with Crippen molar-refractivity contribution in [2.75, 3.05) is 26.2 Å². The van der Waals surface area contributed by atoms with Crippen LogP contribution >= 0.6 is 15.9 Å². The van der Waals surface area contributed by atoms with Crippen LogP contribution in [-0.4, -0.2) is 48.9 Å². The third kappa shape index (κ3) is 5.69. The summed E-state index contributed by atoms with van der Waals surface area (Å²) in [6.45, 7) is 6.31. The molecule has 0 bridgehead atoms. The Morgan fingerprint density at radius 1 is 1.15 bits per heavy atom. The number of halogens is 1. The quantitative estimate of drug-likeness (QED) is 0.459. The molecule has 2 aliphatic rings. The number of ketones is 1. The van der Waals surface area contributed by atoms with Gasteiger partial charge in [-0.2, -0.15) is 0 Å². The van der Waals surface area contributed by atoms with Gasteiger partial charge in [-0.05, 0) is 68.7 Å². The Morgan fingerprint density at radius 2 is 1.88 bits per heavy atom. The van der Waals surface area contributed by atoms with Crippen LogP contribution in [0.5, 0.6) is 11.5 Å². The topological polar surface area (TPSA) is 67.9 Å². The summed E-state index contributed by atoms with van der Waals surface area (Å²) in [7, 11) is 0. The van der Waals surface area contributed by atoms with Crippen molar-refractivity contribution in [3.63, 3.8) is 0 Å². The van der Waals surface area contributed by atoms with Crippen molar-refractivity contribution in [1.29, 1.82) is 0 Å². The molecule has 1 amide bonds. The van der Waals surface area contributed by atoms with E-state index in [-0.39, 0.29) is 24.3 Å². The van der Waals surface area contributed by atoms with Crippen molar-refractivity contribution < 1.29 is 19.1 Å². The molecular formula is C27H27BrN2O4. The Bertz CT molecular complexity index is 1170. The minimum Gasteiger partial charge on any atom is -0.480 e. The van der Waals surface area contributed by atoms with Crippen LogP contribution in [0.4, 0.5) is 0 Å². The first kappa shape index (κ1) is 24.1. The first-order chi connectivity index (χ1) is 16.4. The van der Waals surface area contributed by atoms with E-state index in [0.717, 1.165) is 36.0 Å². The first-order valence-corrected chi connectivity index (χ1v) is 12.1. The molecule has 4 rings (SSSR count). The molecular weight excluding hydrogens is 496 g/mol. The Kier molecular flexibility index (Phi) is 7.71. The monoisotopic (exact) mass is 522 g/mol. The number of likely N-dealkylation sites (tertiary alicyclic amines) is 1. The standard InChI is InChI=1S/C27H27BrN2O4/c1-18(2)26-25(31)24-22(6-5-7-23(24)34-26)33-17-4-3-14-30-15-12-21(13-16-30)29-27(32)19-8-10-20(28)11-9-19/h5-11,21H,12-17H2,1-2H3,(H,29,32). The maximum Gasteiger partial charge on any atom is 0.251 e. The zero-order valence-electron chi connectivity index (χ0n) is 19.3. The van der Waals surface area contributed by atoms with E-state index in [1.807, 2.05) is 44.2 Å². The Morgan fingerprint density at radius 3 is 2.59 bits per heavy atom. The average molecular weight is 523 g/mol. The van der Waals surface area contributed by atoms with E-state index >= 15 is 0 Å². The highest BCUT2D eigenvalue weighted by Gasteiger charge is 2.31. The highest BCUT2D eigenvalue weighted by molar-refractivity contribution is 9.10. The molecule has 2 aromatic carbocycles. The van der Waals surface area contributed by atoms with E-state index in [4.69, 9.17) is 9.47 Å². The fourth-order valence-electron chi connectivity index (χ4n) is 3.98. The number of nitrogens with one attached hydrogen (secondary N) is 1. The van der Waals surface area contributed by atoms with Gasteiger partial charge in [-0.1, -0.05) is 33.8 Å². The van der Waals surface area contributed by atoms with Crippen LogP contribution in [0.25, 0.3) is 0 Å². The van der Waals surface area contributed by atoms with E-state index < -0.39 is 0 Å². The van der Waals surface area contributed by atoms with Gasteiger partial charge in [0, 0.05) is 29.2 Å². The van der Waals surface area contributed by atoms with Crippen LogP contribution in [0.1, 0.15) is 47.4 Å². The van der Waals surface area contributed by atoms with Crippen molar-refractivity contribution >= 4 is 27.6 Å². The molecule has 1 fully saturated rings. The molecule has 0 spiro atoms. The first-order valence-electron chi connectivity index (χ1n) is 11.3. The van der Waals surface area contributed by atoms with Crippen molar-refractivity contribution in [2.24, 2.45) is 0 Å². The molecule has 34 heavy (non-hydrogen) atoms. The fraction of sp³-hybridized carbons (Fsp3) is 0.333. The summed E-state index contributed by atoms with van der Waals surface area (Å²) in [5.41, 5.74) is 1.97. The summed E-state index contributed by atoms with van der Waals surface area (Å²) < 4.78 is 12.4. The van der Waals surface area contributed by atoms with Crippen LogP contribution in [0.3, 0.4) is 0 Å². The second kappa shape index (κ2) is 10.9. The second-order valence-corrected chi connectivity index (χ2v) is 9.48. The van der Waals surface area contributed by atoms with E-state index in [1.165, 1.54) is 0 Å². The number of amides is 1. The van der Waals surface area contributed by atoms with Gasteiger partial charge in [0.2, 0.25) is 5.78 Å². The number of hydrogen-bond acceptors (Lipinski definition) is 5. The Balaban J connectivity index is 1.21. The molecule has 6 nitrogen and oxygen atoms in total. The Labute approximate surface area is 208 Å². The maximum absolute atomic E-state index is 12.6. The Hall–Kier alpha value is -3.08. The molecule has 1 N–H and O–H groups in total. The van der Waals surface area contributed by atoms with Gasteiger partial charge in [0.15, 0.2) is 5.76 Å². The number of carbonyl (C=O) groups excluding carboxylic acids is 2. The van der Waals surface area contributed by atoms with Crippen molar-refractivity contribution in [3.8, 4) is 23.3 Å². The molecule has 176 valence electrons. The number of benzene rings is 2. The van der Waals surface area contributed by atoms with Gasteiger partial charge in [0.1, 0.15) is 23.7 Å². The van der Waals surface area contributed by atoms with E-state index in [0.29, 0.717) is 34.9 Å². The van der Waals surface area contributed by atoms with E-state index in [1.54, 1.807) is 12.1 Å². The van der Waals surface area contributed by atoms with Crippen LogP contribution in [0, 0.1) is 11.8 Å². The van der Waals surface area contributed by atoms with Crippen LogP contribution in [0.2, 0.25) is 0 Å². The number of piperidine rings is 1. The number of Topliss-reactive ketones (excluding diaryl/α,β-unsaturated/α-hetero) is 1. The lowest BCUT2D eigenvalue weighted by Crippen LogP contribution is -2.44. The number of hydrogen-bond donors (Lipinski definition) is 1. The van der Waals surface area contributed by atoms with Crippen LogP contribution in [-0.2, 0) is 0 Å². The van der Waals surface area contributed by atoms with Gasteiger partial charge in [-0.15, -0.1) is 0 Å². The zero-order valence-corrected chi connectivity index (χ0v) is 20.9. The van der Waals surface area contributed by atoms with Crippen LogP contribution < -0.4 is 14.8 Å². The van der Waals surface area contributed by atoms with Gasteiger partial charge in [-0.25, -0.2) is 0 Å². The van der Waals surface area contributed by atoms with Gasteiger partial charge in [-0.3, -0.25) is 14.5 Å². The van der Waals surface area contributed by atoms with Gasteiger partial charge in [0.05, 0.1) is 6.54 Å². The maximum atomic E-state index is 12.6. The summed E-state index contributed by atoms with van der Waals surface area (Å²) in [6, 6.07) is 12.9. The molecule has 1 saturated heterocycles. The smallest absolute Gasteiger partial charge is 0.251 e. The predicted octanol–water partition coefficient (Wildman–Crippen LogP) is 4.59. The molecule has 2 aromatic rings. The summed E-state index contributed by atoms with van der Waals surface area (Å²) in [6.07, 6.45) is 1.79. The number of carbonyl (C=O) groups is 2. The lowest BCUT2D eigenvalue weighted by atomic mass is 10.0. The largest absolute Gasteiger partial charge is 0.480 e. The molecule has 0 saturated carbocycles. The van der Waals surface area contributed by atoms with Gasteiger partial charge >= 0.3 is 0 Å². The molecule has 0 unspecified atom stereocenters. The number of rotatable bonds is 5. The lowest BCUT2D eigenvalue weighted by molar-refractivity contribution is 0.0913. The van der Waals surface area contributed by atoms with Gasteiger partial charge < -0.3 is 14.8 Å². The summed E-state index contributed by atoms with van der Waals surface area (Å²) in [5, 5.41) is 3.13. The minimum atomic E-state index is -0.145. The van der Waals surface area contributed by atoms with E-state index in [9.17, 15) is 9.59 Å². The SMILES string of the molecule is CC(C)=C1Oc2cccc(OCC#CCN3CCC(NC(=O)c4ccc(Br)cc4)CC3)c2C1=O. The predicted molar refractivity (Wildman–Crippen MR) is 134 cm³/mol. The average Bonchev–Trinajstić information content (AvgIpc) is 3.18. The molecule has 2 aliphatic heterocycles. The lowest BCUT2D eigenvalue weighted by Gasteiger charge is -2.31. The molecule has 0 atom stereocenters. The summed E-state index contributed by atoms with van der Waals surface area (Å²) >= 11 is 3.39. The summed E-state index contributed by atoms with van der Waals surface area (Å²) in [5.74, 6) is 7.41. The fourth-order valence-corrected chi connectivity index (χ4v) is 4.24. The number of fused-ring (bicyclic) bond motifs is 1. The normalized spacial score (nSPS) is 15.7. The van der Waals surface area contributed by atoms with Gasteiger partial charge in [0.25, 0.3) is 5.91 Å². The number of ether oxygens (including phenoxy) is 2. The molecule has 0 radical (unpaired) electrons. The van der Waals surface area contributed by atoms with Crippen molar-refractivity contribution in [2.45, 2.75) is 32.7 Å². The second-order valence-electron chi connectivity index (χ2n) is 8.56. The van der Waals surface area contributed by atoms with Crippen molar-refractivity contribution in [3.05, 3.63) is 69.4 Å². The minimum absolute atomic E-state index is 0.0316.